The van der Waals surface area contributed by atoms with Crippen molar-refractivity contribution in [2.24, 2.45) is 5.16 Å². The summed E-state index contributed by atoms with van der Waals surface area (Å²) in [6, 6.07) is 14.1. The van der Waals surface area contributed by atoms with E-state index in [1.807, 2.05) is 30.3 Å². The maximum Gasteiger partial charge on any atom is 0.119 e. The summed E-state index contributed by atoms with van der Waals surface area (Å²) in [5.74, 6) is 0. The topological polar surface area (TPSA) is 32.6 Å². The highest BCUT2D eigenvalue weighted by Gasteiger charge is 2.26. The fourth-order valence-corrected chi connectivity index (χ4v) is 2.91. The minimum absolute atomic E-state index is 0.676. The van der Waals surface area contributed by atoms with Crippen molar-refractivity contribution in [3.8, 4) is 11.1 Å². The monoisotopic (exact) mass is 321 g/mol. The zero-order valence-electron chi connectivity index (χ0n) is 8.31. The molecule has 2 aromatic rings. The first-order chi connectivity index (χ1) is 7.83. The van der Waals surface area contributed by atoms with Gasteiger partial charge in [0.2, 0.25) is 0 Å². The summed E-state index contributed by atoms with van der Waals surface area (Å²) in [6.45, 7) is 0. The lowest BCUT2D eigenvalue weighted by Crippen LogP contribution is -1.99. The Morgan fingerprint density at radius 3 is 2.31 bits per heavy atom. The first kappa shape index (κ1) is 9.84. The maximum absolute atomic E-state index is 9.17. The van der Waals surface area contributed by atoms with Crippen molar-refractivity contribution in [2.75, 3.05) is 0 Å². The Labute approximate surface area is 107 Å². The number of rotatable bonds is 0. The molecule has 78 valence electrons. The summed E-state index contributed by atoms with van der Waals surface area (Å²) in [6.07, 6.45) is 0. The van der Waals surface area contributed by atoms with E-state index >= 15 is 0 Å². The number of hydrogen-bond donors (Lipinski definition) is 1. The van der Waals surface area contributed by atoms with E-state index in [-0.39, 0.29) is 0 Å². The first-order valence-corrected chi connectivity index (χ1v) is 6.01. The van der Waals surface area contributed by atoms with E-state index in [1.54, 1.807) is 0 Å². The Morgan fingerprint density at radius 2 is 1.56 bits per heavy atom. The smallest absolute Gasteiger partial charge is 0.119 e. The molecule has 0 aliphatic heterocycles. The third-order valence-electron chi connectivity index (χ3n) is 2.82. The molecule has 3 rings (SSSR count). The van der Waals surface area contributed by atoms with Crippen LogP contribution in [0.5, 0.6) is 0 Å². The summed E-state index contributed by atoms with van der Waals surface area (Å²) in [5, 5.41) is 12.6. The van der Waals surface area contributed by atoms with Crippen molar-refractivity contribution < 1.29 is 5.21 Å². The van der Waals surface area contributed by atoms with Crippen LogP contribution in [0.1, 0.15) is 11.1 Å². The van der Waals surface area contributed by atoms with Crippen LogP contribution < -0.4 is 0 Å². The normalized spacial score (nSPS) is 14.9. The van der Waals surface area contributed by atoms with Gasteiger partial charge >= 0.3 is 0 Å². The fourth-order valence-electron chi connectivity index (χ4n) is 2.15. The second-order valence-electron chi connectivity index (χ2n) is 3.66. The van der Waals surface area contributed by atoms with Crippen molar-refractivity contribution in [1.82, 2.24) is 0 Å². The van der Waals surface area contributed by atoms with Crippen LogP contribution in [0.3, 0.4) is 0 Å². The predicted molar refractivity (Wildman–Crippen MR) is 72.0 cm³/mol. The highest BCUT2D eigenvalue weighted by atomic mass is 127. The zero-order valence-corrected chi connectivity index (χ0v) is 10.5. The summed E-state index contributed by atoms with van der Waals surface area (Å²) in [7, 11) is 0. The number of benzene rings is 2. The SMILES string of the molecule is ON=C1c2ccccc2-c2cccc(I)c21. The minimum atomic E-state index is 0.676. The van der Waals surface area contributed by atoms with Crippen LogP contribution in [0, 0.1) is 3.57 Å². The lowest BCUT2D eigenvalue weighted by Gasteiger charge is -2.01. The van der Waals surface area contributed by atoms with Crippen molar-refractivity contribution >= 4 is 28.3 Å². The summed E-state index contributed by atoms with van der Waals surface area (Å²) >= 11 is 2.27. The second kappa shape index (κ2) is 3.59. The van der Waals surface area contributed by atoms with Gasteiger partial charge in [0.1, 0.15) is 5.71 Å². The molecule has 0 fully saturated rings. The van der Waals surface area contributed by atoms with Crippen molar-refractivity contribution in [2.45, 2.75) is 0 Å². The van der Waals surface area contributed by atoms with Gasteiger partial charge in [-0.05, 0) is 39.8 Å². The van der Waals surface area contributed by atoms with Crippen LogP contribution >= 0.6 is 22.6 Å². The van der Waals surface area contributed by atoms with Gasteiger partial charge in [0.25, 0.3) is 0 Å². The standard InChI is InChI=1S/C13H8INO/c14-11-7-3-6-9-8-4-1-2-5-10(8)13(15-16)12(9)11/h1-7,16H. The number of oxime groups is 1. The summed E-state index contributed by atoms with van der Waals surface area (Å²) in [4.78, 5) is 0. The molecule has 16 heavy (non-hydrogen) atoms. The highest BCUT2D eigenvalue weighted by Crippen LogP contribution is 2.38. The molecule has 1 aliphatic rings. The Bertz CT molecular complexity index is 605. The molecule has 0 saturated carbocycles. The van der Waals surface area contributed by atoms with Gasteiger partial charge in [-0.3, -0.25) is 0 Å². The third kappa shape index (κ3) is 1.21. The highest BCUT2D eigenvalue weighted by molar-refractivity contribution is 14.1. The summed E-state index contributed by atoms with van der Waals surface area (Å²) < 4.78 is 1.11. The van der Waals surface area contributed by atoms with Gasteiger partial charge < -0.3 is 5.21 Å². The van der Waals surface area contributed by atoms with Gasteiger partial charge in [0.15, 0.2) is 0 Å². The number of halogens is 1. The second-order valence-corrected chi connectivity index (χ2v) is 4.82. The molecule has 1 N–H and O–H groups in total. The molecule has 0 atom stereocenters. The molecule has 0 unspecified atom stereocenters. The summed E-state index contributed by atoms with van der Waals surface area (Å²) in [5.41, 5.74) is 5.01. The number of fused-ring (bicyclic) bond motifs is 3. The third-order valence-corrected chi connectivity index (χ3v) is 3.72. The van der Waals surface area contributed by atoms with E-state index < -0.39 is 0 Å². The van der Waals surface area contributed by atoms with Crippen LogP contribution in [0.4, 0.5) is 0 Å². The molecule has 0 amide bonds. The number of hydrogen-bond acceptors (Lipinski definition) is 2. The molecule has 0 aromatic heterocycles. The Hall–Kier alpha value is -1.36. The molecule has 0 saturated heterocycles. The molecule has 2 aromatic carbocycles. The molecule has 0 heterocycles. The Morgan fingerprint density at radius 1 is 0.875 bits per heavy atom. The van der Waals surface area contributed by atoms with Crippen LogP contribution in [0.15, 0.2) is 47.6 Å². The fraction of sp³-hybridized carbons (Fsp3) is 0. The quantitative estimate of drug-likeness (QED) is 0.384. The van der Waals surface area contributed by atoms with Crippen molar-refractivity contribution in [3.63, 3.8) is 0 Å². The molecule has 0 bridgehead atoms. The van der Waals surface area contributed by atoms with E-state index in [0.29, 0.717) is 5.71 Å². The Balaban J connectivity index is 2.44. The number of nitrogens with zero attached hydrogens (tertiary/aromatic N) is 1. The van der Waals surface area contributed by atoms with E-state index in [4.69, 9.17) is 5.21 Å². The van der Waals surface area contributed by atoms with Gasteiger partial charge in [-0.15, -0.1) is 0 Å². The first-order valence-electron chi connectivity index (χ1n) is 4.93. The molecule has 3 heteroatoms. The largest absolute Gasteiger partial charge is 0.410 e. The molecule has 2 nitrogen and oxygen atoms in total. The average Bonchev–Trinajstić information content (AvgIpc) is 2.65. The molecular formula is C13H8INO. The van der Waals surface area contributed by atoms with Crippen LogP contribution in [0.2, 0.25) is 0 Å². The van der Waals surface area contributed by atoms with E-state index in [2.05, 4.69) is 39.9 Å². The lowest BCUT2D eigenvalue weighted by molar-refractivity contribution is 0.320. The lowest BCUT2D eigenvalue weighted by atomic mass is 10.1. The predicted octanol–water partition coefficient (Wildman–Crippen LogP) is 3.50. The van der Waals surface area contributed by atoms with Gasteiger partial charge in [-0.2, -0.15) is 0 Å². The average molecular weight is 321 g/mol. The van der Waals surface area contributed by atoms with Crippen molar-refractivity contribution in [3.05, 3.63) is 57.2 Å². The van der Waals surface area contributed by atoms with Gasteiger partial charge in [0, 0.05) is 14.7 Å². The van der Waals surface area contributed by atoms with Crippen molar-refractivity contribution in [1.29, 1.82) is 0 Å². The molecular weight excluding hydrogens is 313 g/mol. The van der Waals surface area contributed by atoms with Crippen LogP contribution in [0.25, 0.3) is 11.1 Å². The van der Waals surface area contributed by atoms with Gasteiger partial charge in [-0.25, -0.2) is 0 Å². The van der Waals surface area contributed by atoms with Gasteiger partial charge in [0.05, 0.1) is 0 Å². The molecule has 0 radical (unpaired) electrons. The van der Waals surface area contributed by atoms with Gasteiger partial charge in [-0.1, -0.05) is 41.6 Å². The van der Waals surface area contributed by atoms with E-state index in [1.165, 1.54) is 0 Å². The van der Waals surface area contributed by atoms with E-state index in [9.17, 15) is 0 Å². The minimum Gasteiger partial charge on any atom is -0.410 e. The molecule has 1 aliphatic carbocycles. The van der Waals surface area contributed by atoms with Crippen LogP contribution in [-0.4, -0.2) is 10.9 Å². The maximum atomic E-state index is 9.17. The van der Waals surface area contributed by atoms with Crippen LogP contribution in [-0.2, 0) is 0 Å². The zero-order chi connectivity index (χ0) is 11.1. The molecule has 0 spiro atoms. The van der Waals surface area contributed by atoms with E-state index in [0.717, 1.165) is 25.8 Å². The Kier molecular flexibility index (Phi) is 2.21.